The van der Waals surface area contributed by atoms with Crippen LogP contribution in [0.4, 0.5) is 11.4 Å². The third kappa shape index (κ3) is 3.83. The van der Waals surface area contributed by atoms with Crippen LogP contribution in [-0.4, -0.2) is 20.6 Å². The Morgan fingerprint density at radius 3 is 2.71 bits per heavy atom. The SMILES string of the molecule is O=C(O)c1cc(Cl)ccc1Nc1ccc2c(ccn2Cc2ccc3ccccc3n2)c1. The maximum absolute atomic E-state index is 11.5. The van der Waals surface area contributed by atoms with Gasteiger partial charge in [-0.25, -0.2) is 4.79 Å². The van der Waals surface area contributed by atoms with Crippen LogP contribution < -0.4 is 5.32 Å². The van der Waals surface area contributed by atoms with E-state index in [4.69, 9.17) is 16.6 Å². The minimum atomic E-state index is -1.03. The van der Waals surface area contributed by atoms with Crippen LogP contribution in [0, 0.1) is 0 Å². The Morgan fingerprint density at radius 2 is 1.84 bits per heavy atom. The van der Waals surface area contributed by atoms with Gasteiger partial charge >= 0.3 is 5.97 Å². The number of para-hydroxylation sites is 1. The van der Waals surface area contributed by atoms with E-state index in [0.29, 0.717) is 17.3 Å². The van der Waals surface area contributed by atoms with E-state index in [-0.39, 0.29) is 5.56 Å². The Kier molecular flexibility index (Phi) is 4.81. The molecule has 5 nitrogen and oxygen atoms in total. The predicted molar refractivity (Wildman–Crippen MR) is 124 cm³/mol. The molecule has 2 aromatic heterocycles. The Bertz CT molecular complexity index is 1440. The number of carbonyl (C=O) groups is 1. The maximum atomic E-state index is 11.5. The zero-order chi connectivity index (χ0) is 21.4. The highest BCUT2D eigenvalue weighted by Gasteiger charge is 2.12. The lowest BCUT2D eigenvalue weighted by molar-refractivity contribution is 0.0698. The fourth-order valence-electron chi connectivity index (χ4n) is 3.74. The Labute approximate surface area is 183 Å². The standard InChI is InChI=1S/C25H18ClN3O2/c26-18-6-9-23(21(14-18)25(30)31)27-19-8-10-24-17(13-19)11-12-29(24)15-20-7-5-16-3-1-2-4-22(16)28-20/h1-14,27H,15H2,(H,30,31). The number of nitrogens with one attached hydrogen (secondary N) is 1. The summed E-state index contributed by atoms with van der Waals surface area (Å²) < 4.78 is 2.15. The van der Waals surface area contributed by atoms with Gasteiger partial charge in [0.15, 0.2) is 0 Å². The van der Waals surface area contributed by atoms with Gasteiger partial charge in [-0.2, -0.15) is 0 Å². The van der Waals surface area contributed by atoms with E-state index in [2.05, 4.69) is 28.1 Å². The summed E-state index contributed by atoms with van der Waals surface area (Å²) in [5.74, 6) is -1.03. The topological polar surface area (TPSA) is 67.2 Å². The number of carboxylic acids is 1. The molecular weight excluding hydrogens is 410 g/mol. The van der Waals surface area contributed by atoms with Gasteiger partial charge < -0.3 is 15.0 Å². The number of benzene rings is 3. The van der Waals surface area contributed by atoms with Crippen molar-refractivity contribution < 1.29 is 9.90 Å². The molecule has 2 heterocycles. The molecule has 0 saturated heterocycles. The molecule has 0 saturated carbocycles. The summed E-state index contributed by atoms with van der Waals surface area (Å²) >= 11 is 5.94. The number of aromatic nitrogens is 2. The summed E-state index contributed by atoms with van der Waals surface area (Å²) in [6, 6.07) is 25.0. The highest BCUT2D eigenvalue weighted by atomic mass is 35.5. The molecule has 5 aromatic rings. The fourth-order valence-corrected chi connectivity index (χ4v) is 3.92. The van der Waals surface area contributed by atoms with Crippen molar-refractivity contribution in [2.24, 2.45) is 0 Å². The Hall–Kier alpha value is -3.83. The van der Waals surface area contributed by atoms with E-state index in [1.165, 1.54) is 6.07 Å². The molecule has 0 spiro atoms. The lowest BCUT2D eigenvalue weighted by Gasteiger charge is -2.11. The van der Waals surface area contributed by atoms with Crippen molar-refractivity contribution in [3.8, 4) is 0 Å². The molecule has 0 unspecified atom stereocenters. The van der Waals surface area contributed by atoms with Gasteiger partial charge in [0.05, 0.1) is 29.0 Å². The zero-order valence-electron chi connectivity index (χ0n) is 16.4. The van der Waals surface area contributed by atoms with Crippen LogP contribution >= 0.6 is 11.6 Å². The van der Waals surface area contributed by atoms with Crippen molar-refractivity contribution in [1.82, 2.24) is 9.55 Å². The van der Waals surface area contributed by atoms with E-state index < -0.39 is 5.97 Å². The number of rotatable bonds is 5. The minimum Gasteiger partial charge on any atom is -0.478 e. The average molecular weight is 428 g/mol. The van der Waals surface area contributed by atoms with Crippen LogP contribution in [0.15, 0.2) is 85.1 Å². The molecule has 6 heteroatoms. The smallest absolute Gasteiger partial charge is 0.337 e. The Morgan fingerprint density at radius 1 is 0.968 bits per heavy atom. The van der Waals surface area contributed by atoms with Crippen molar-refractivity contribution >= 4 is 50.8 Å². The molecule has 0 atom stereocenters. The minimum absolute atomic E-state index is 0.132. The Balaban J connectivity index is 1.43. The first-order valence-corrected chi connectivity index (χ1v) is 10.2. The van der Waals surface area contributed by atoms with Gasteiger partial charge in [-0.3, -0.25) is 4.98 Å². The van der Waals surface area contributed by atoms with E-state index in [9.17, 15) is 9.90 Å². The second kappa shape index (κ2) is 7.78. The summed E-state index contributed by atoms with van der Waals surface area (Å²) in [6.07, 6.45) is 2.04. The lowest BCUT2D eigenvalue weighted by atomic mass is 10.1. The van der Waals surface area contributed by atoms with Crippen LogP contribution in [0.25, 0.3) is 21.8 Å². The van der Waals surface area contributed by atoms with Crippen molar-refractivity contribution in [2.45, 2.75) is 6.54 Å². The third-order valence-electron chi connectivity index (χ3n) is 5.25. The van der Waals surface area contributed by atoms with E-state index in [0.717, 1.165) is 33.2 Å². The second-order valence-electron chi connectivity index (χ2n) is 7.33. The normalized spacial score (nSPS) is 11.1. The molecule has 0 bridgehead atoms. The van der Waals surface area contributed by atoms with E-state index >= 15 is 0 Å². The van der Waals surface area contributed by atoms with Gasteiger partial charge in [-0.1, -0.05) is 35.9 Å². The summed E-state index contributed by atoms with van der Waals surface area (Å²) in [6.45, 7) is 0.668. The molecule has 152 valence electrons. The molecule has 0 amide bonds. The first-order chi connectivity index (χ1) is 15.1. The quantitative estimate of drug-likeness (QED) is 0.343. The van der Waals surface area contributed by atoms with Crippen LogP contribution in [-0.2, 0) is 6.54 Å². The second-order valence-corrected chi connectivity index (χ2v) is 7.77. The van der Waals surface area contributed by atoms with Crippen molar-refractivity contribution in [2.75, 3.05) is 5.32 Å². The summed E-state index contributed by atoms with van der Waals surface area (Å²) in [5.41, 5.74) is 4.49. The monoisotopic (exact) mass is 427 g/mol. The highest BCUT2D eigenvalue weighted by molar-refractivity contribution is 6.31. The first-order valence-electron chi connectivity index (χ1n) is 9.80. The predicted octanol–water partition coefficient (Wildman–Crippen LogP) is 6.33. The molecule has 5 rings (SSSR count). The number of aromatic carboxylic acids is 1. The molecule has 0 fully saturated rings. The zero-order valence-corrected chi connectivity index (χ0v) is 17.2. The molecule has 3 aromatic carbocycles. The van der Waals surface area contributed by atoms with Gasteiger partial charge in [0.25, 0.3) is 0 Å². The van der Waals surface area contributed by atoms with Crippen molar-refractivity contribution in [3.05, 3.63) is 101 Å². The number of carboxylic acid groups (broad SMARTS) is 1. The largest absolute Gasteiger partial charge is 0.478 e. The fraction of sp³-hybridized carbons (Fsp3) is 0.0400. The van der Waals surface area contributed by atoms with Crippen molar-refractivity contribution in [1.29, 1.82) is 0 Å². The van der Waals surface area contributed by atoms with Gasteiger partial charge in [-0.05, 0) is 54.6 Å². The van der Waals surface area contributed by atoms with Crippen molar-refractivity contribution in [3.63, 3.8) is 0 Å². The maximum Gasteiger partial charge on any atom is 0.337 e. The highest BCUT2D eigenvalue weighted by Crippen LogP contribution is 2.27. The van der Waals surface area contributed by atoms with E-state index in [1.54, 1.807) is 12.1 Å². The summed E-state index contributed by atoms with van der Waals surface area (Å²) in [4.78, 5) is 16.3. The van der Waals surface area contributed by atoms with E-state index in [1.807, 2.05) is 48.7 Å². The molecule has 0 aliphatic rings. The number of halogens is 1. The molecule has 0 aliphatic carbocycles. The van der Waals surface area contributed by atoms with Crippen LogP contribution in [0.1, 0.15) is 16.1 Å². The lowest BCUT2D eigenvalue weighted by Crippen LogP contribution is -2.03. The average Bonchev–Trinajstić information content (AvgIpc) is 3.16. The number of pyridine rings is 1. The third-order valence-corrected chi connectivity index (χ3v) is 5.49. The molecular formula is C25H18ClN3O2. The van der Waals surface area contributed by atoms with Crippen LogP contribution in [0.5, 0.6) is 0 Å². The number of anilines is 2. The number of nitrogens with zero attached hydrogens (tertiary/aromatic N) is 2. The molecule has 0 radical (unpaired) electrons. The van der Waals surface area contributed by atoms with Crippen LogP contribution in [0.2, 0.25) is 5.02 Å². The van der Waals surface area contributed by atoms with Gasteiger partial charge in [0, 0.05) is 33.2 Å². The molecule has 0 aliphatic heterocycles. The van der Waals surface area contributed by atoms with Crippen LogP contribution in [0.3, 0.4) is 0 Å². The van der Waals surface area contributed by atoms with Gasteiger partial charge in [-0.15, -0.1) is 0 Å². The number of fused-ring (bicyclic) bond motifs is 2. The molecule has 31 heavy (non-hydrogen) atoms. The summed E-state index contributed by atoms with van der Waals surface area (Å²) in [5, 5.41) is 15.2. The molecule has 2 N–H and O–H groups in total. The summed E-state index contributed by atoms with van der Waals surface area (Å²) in [7, 11) is 0. The van der Waals surface area contributed by atoms with Gasteiger partial charge in [0.2, 0.25) is 0 Å². The first kappa shape index (κ1) is 19.2. The number of hydrogen-bond acceptors (Lipinski definition) is 3. The van der Waals surface area contributed by atoms with Gasteiger partial charge in [0.1, 0.15) is 0 Å². The number of hydrogen-bond donors (Lipinski definition) is 2.